The van der Waals surface area contributed by atoms with Gasteiger partial charge in [-0.05, 0) is 55.7 Å². The minimum absolute atomic E-state index is 0. The van der Waals surface area contributed by atoms with Crippen LogP contribution < -0.4 is 4.74 Å². The summed E-state index contributed by atoms with van der Waals surface area (Å²) in [7, 11) is 1.45. The summed E-state index contributed by atoms with van der Waals surface area (Å²) in [5.74, 6) is -0.00639. The van der Waals surface area contributed by atoms with Gasteiger partial charge in [-0.3, -0.25) is 0 Å². The molecular weight excluding hydrogens is 287 g/mol. The zero-order valence-electron chi connectivity index (χ0n) is 11.6. The fourth-order valence-corrected chi connectivity index (χ4v) is 1.70. The van der Waals surface area contributed by atoms with Crippen LogP contribution in [0.3, 0.4) is 0 Å². The number of ether oxygens (including phenoxy) is 1. The molecule has 0 heterocycles. The number of benzene rings is 2. The third-order valence-electron chi connectivity index (χ3n) is 2.63. The van der Waals surface area contributed by atoms with Crippen LogP contribution in [-0.2, 0) is 0 Å². The molecule has 0 aliphatic heterocycles. The molecule has 0 saturated carbocycles. The lowest BCUT2D eigenvalue weighted by molar-refractivity contribution is 0.386. The smallest absolute Gasteiger partial charge is 0.165 e. The topological polar surface area (TPSA) is 9.23 Å². The molecule has 0 amide bonds. The molecule has 2 aromatic carbocycles. The van der Waals surface area contributed by atoms with Crippen molar-refractivity contribution >= 4 is 11.6 Å². The lowest BCUT2D eigenvalue weighted by Gasteiger charge is -2.00. The molecule has 0 bridgehead atoms. The maximum Gasteiger partial charge on any atom is 0.165 e. The molecule has 0 unspecified atom stereocenters. The van der Waals surface area contributed by atoms with Crippen LogP contribution in [0.15, 0.2) is 36.4 Å². The van der Waals surface area contributed by atoms with Gasteiger partial charge >= 0.3 is 0 Å². The van der Waals surface area contributed by atoms with Gasteiger partial charge in [-0.1, -0.05) is 44.7 Å². The number of hydrogen-bond acceptors (Lipinski definition) is 1. The van der Waals surface area contributed by atoms with E-state index in [9.17, 15) is 4.39 Å². The van der Waals surface area contributed by atoms with E-state index in [1.54, 1.807) is 6.07 Å². The van der Waals surface area contributed by atoms with Crippen LogP contribution in [0.5, 0.6) is 5.75 Å². The average Bonchev–Trinajstić information content (AvgIpc) is 2.35. The van der Waals surface area contributed by atoms with E-state index in [-0.39, 0.29) is 20.7 Å². The highest BCUT2D eigenvalue weighted by molar-refractivity contribution is 6.31. The van der Waals surface area contributed by atoms with Crippen LogP contribution in [0.2, 0.25) is 5.02 Å². The molecule has 21 heavy (non-hydrogen) atoms. The lowest BCUT2D eigenvalue weighted by Crippen LogP contribution is -1.87. The first-order valence-corrected chi connectivity index (χ1v) is 6.34. The molecule has 118 valence electrons. The Balaban J connectivity index is 0. The molecule has 0 N–H and O–H groups in total. The second kappa shape index (κ2) is 10.2. The lowest BCUT2D eigenvalue weighted by atomic mass is 10.2. The van der Waals surface area contributed by atoms with E-state index >= 15 is 0 Å². The van der Waals surface area contributed by atoms with Gasteiger partial charge in [0, 0.05) is 5.02 Å². The Morgan fingerprint density at radius 3 is 1.86 bits per heavy atom. The zero-order chi connectivity index (χ0) is 14.4. The monoisotopic (exact) mass is 312 g/mol. The fraction of sp³-hybridized carbons (Fsp3) is 0.333. The quantitative estimate of drug-likeness (QED) is 0.594. The van der Waals surface area contributed by atoms with E-state index in [0.717, 1.165) is 16.1 Å². The second-order valence-corrected chi connectivity index (χ2v) is 4.80. The number of halogens is 2. The summed E-state index contributed by atoms with van der Waals surface area (Å²) in [4.78, 5) is 0. The molecule has 0 aliphatic carbocycles. The number of methoxy groups -OCH3 is 1. The number of rotatable bonds is 1. The van der Waals surface area contributed by atoms with E-state index < -0.39 is 0 Å². The van der Waals surface area contributed by atoms with E-state index in [1.165, 1.54) is 18.7 Å². The van der Waals surface area contributed by atoms with Crippen molar-refractivity contribution in [1.82, 2.24) is 0 Å². The van der Waals surface area contributed by atoms with Crippen LogP contribution in [0.25, 0.3) is 0 Å². The maximum atomic E-state index is 12.7. The first kappa shape index (κ1) is 21.8. The molecular formula is C18H26ClFO. The van der Waals surface area contributed by atoms with Crippen molar-refractivity contribution < 1.29 is 9.13 Å². The summed E-state index contributed by atoms with van der Waals surface area (Å²) in [5, 5.41) is 0.856. The predicted octanol–water partition coefficient (Wildman–Crippen LogP) is 6.37. The van der Waals surface area contributed by atoms with Crippen molar-refractivity contribution in [1.29, 1.82) is 0 Å². The van der Waals surface area contributed by atoms with Crippen LogP contribution in [0.1, 0.15) is 31.5 Å². The van der Waals surface area contributed by atoms with Crippen molar-refractivity contribution in [3.63, 3.8) is 0 Å². The Morgan fingerprint density at radius 1 is 0.905 bits per heavy atom. The third kappa shape index (κ3) is 7.14. The third-order valence-corrected chi connectivity index (χ3v) is 3.04. The summed E-state index contributed by atoms with van der Waals surface area (Å²) in [6.07, 6.45) is 0. The summed E-state index contributed by atoms with van der Waals surface area (Å²) in [6.45, 7) is 5.87. The Bertz CT molecular complexity index is 553. The van der Waals surface area contributed by atoms with Gasteiger partial charge in [-0.25, -0.2) is 4.39 Å². The van der Waals surface area contributed by atoms with E-state index in [0.29, 0.717) is 5.75 Å². The summed E-state index contributed by atoms with van der Waals surface area (Å²) >= 11 is 5.81. The summed E-state index contributed by atoms with van der Waals surface area (Å²) in [6, 6.07) is 10.9. The zero-order valence-corrected chi connectivity index (χ0v) is 12.4. The summed E-state index contributed by atoms with van der Waals surface area (Å²) in [5.41, 5.74) is 3.26. The Labute approximate surface area is 133 Å². The highest BCUT2D eigenvalue weighted by Gasteiger charge is 1.99. The highest BCUT2D eigenvalue weighted by atomic mass is 35.5. The van der Waals surface area contributed by atoms with Crippen LogP contribution in [0, 0.1) is 26.6 Å². The highest BCUT2D eigenvalue weighted by Crippen LogP contribution is 2.16. The standard InChI is InChI=1S/C8H9Cl.C8H9FO.2CH4/c1-6-3-4-7(2)8(9)5-6;1-6-3-4-8(10-2)7(9)5-6;;/h3-5H,1-2H3;3-5H,1-2H3;2*1H4. The minimum atomic E-state index is -0.303. The van der Waals surface area contributed by atoms with Gasteiger partial charge in [0.25, 0.3) is 0 Å². The van der Waals surface area contributed by atoms with Crippen molar-refractivity contribution in [2.24, 2.45) is 0 Å². The maximum absolute atomic E-state index is 12.7. The molecule has 0 atom stereocenters. The minimum Gasteiger partial charge on any atom is -0.494 e. The molecule has 0 aliphatic rings. The molecule has 0 radical (unpaired) electrons. The van der Waals surface area contributed by atoms with Gasteiger partial charge in [0.05, 0.1) is 7.11 Å². The van der Waals surface area contributed by atoms with E-state index in [2.05, 4.69) is 6.07 Å². The SMILES string of the molecule is C.C.COc1ccc(C)cc1F.Cc1ccc(C)c(Cl)c1. The first-order chi connectivity index (χ1) is 8.93. The molecule has 0 spiro atoms. The van der Waals surface area contributed by atoms with Crippen LogP contribution in [0.4, 0.5) is 4.39 Å². The Morgan fingerprint density at radius 2 is 1.43 bits per heavy atom. The van der Waals surface area contributed by atoms with Gasteiger partial charge in [0.2, 0.25) is 0 Å². The van der Waals surface area contributed by atoms with Gasteiger partial charge in [-0.2, -0.15) is 0 Å². The largest absolute Gasteiger partial charge is 0.494 e. The summed E-state index contributed by atoms with van der Waals surface area (Å²) < 4.78 is 17.5. The normalized spacial score (nSPS) is 8.67. The molecule has 2 rings (SSSR count). The van der Waals surface area contributed by atoms with Gasteiger partial charge < -0.3 is 4.74 Å². The van der Waals surface area contributed by atoms with Gasteiger partial charge in [0.15, 0.2) is 11.6 Å². The van der Waals surface area contributed by atoms with Gasteiger partial charge in [0.1, 0.15) is 0 Å². The molecule has 2 aromatic rings. The molecule has 3 heteroatoms. The number of hydrogen-bond donors (Lipinski definition) is 0. The second-order valence-electron chi connectivity index (χ2n) is 4.39. The molecule has 0 saturated heterocycles. The van der Waals surface area contributed by atoms with Crippen molar-refractivity contribution in [3.8, 4) is 5.75 Å². The fourth-order valence-electron chi connectivity index (χ4n) is 1.47. The first-order valence-electron chi connectivity index (χ1n) is 5.97. The average molecular weight is 313 g/mol. The number of aryl methyl sites for hydroxylation is 3. The predicted molar refractivity (Wildman–Crippen MR) is 92.1 cm³/mol. The molecule has 1 nitrogen and oxygen atoms in total. The van der Waals surface area contributed by atoms with Crippen molar-refractivity contribution in [3.05, 3.63) is 63.9 Å². The van der Waals surface area contributed by atoms with Crippen LogP contribution in [-0.4, -0.2) is 7.11 Å². The van der Waals surface area contributed by atoms with Crippen molar-refractivity contribution in [2.75, 3.05) is 7.11 Å². The molecule has 0 fully saturated rings. The van der Waals surface area contributed by atoms with E-state index in [1.807, 2.05) is 39.0 Å². The van der Waals surface area contributed by atoms with Crippen molar-refractivity contribution in [2.45, 2.75) is 35.6 Å². The molecule has 0 aromatic heterocycles. The van der Waals surface area contributed by atoms with Crippen LogP contribution >= 0.6 is 11.6 Å². The Hall–Kier alpha value is -1.54. The Kier molecular flexibility index (Phi) is 10.6. The van der Waals surface area contributed by atoms with Gasteiger partial charge in [-0.15, -0.1) is 0 Å². The van der Waals surface area contributed by atoms with E-state index in [4.69, 9.17) is 16.3 Å².